The van der Waals surface area contributed by atoms with E-state index in [0.717, 1.165) is 28.8 Å². The highest BCUT2D eigenvalue weighted by Gasteiger charge is 2.11. The zero-order valence-electron chi connectivity index (χ0n) is 15.2. The van der Waals surface area contributed by atoms with Crippen LogP contribution in [-0.4, -0.2) is 31.1 Å². The number of hydrogen-bond donors (Lipinski definition) is 2. The minimum absolute atomic E-state index is 0. The minimum atomic E-state index is -0.0116. The summed E-state index contributed by atoms with van der Waals surface area (Å²) in [7, 11) is 1.73. The van der Waals surface area contributed by atoms with E-state index in [2.05, 4.69) is 39.7 Å². The molecule has 0 aliphatic heterocycles. The monoisotopic (exact) mass is 474 g/mol. The Morgan fingerprint density at radius 2 is 1.96 bits per heavy atom. The fourth-order valence-corrected chi connectivity index (χ4v) is 3.27. The molecule has 138 valence electrons. The van der Waals surface area contributed by atoms with Gasteiger partial charge in [-0.25, -0.2) is 9.98 Å². The summed E-state index contributed by atoms with van der Waals surface area (Å²) in [6.07, 6.45) is -0.0116. The van der Waals surface area contributed by atoms with Crippen LogP contribution in [-0.2, 0) is 11.3 Å². The number of nitrogens with zero attached hydrogens (tertiary/aromatic N) is 2. The van der Waals surface area contributed by atoms with Gasteiger partial charge in [-0.1, -0.05) is 30.3 Å². The van der Waals surface area contributed by atoms with E-state index in [-0.39, 0.29) is 30.1 Å². The first-order valence-corrected chi connectivity index (χ1v) is 8.98. The number of aryl methyl sites for hydroxylation is 2. The number of guanidine groups is 1. The predicted octanol–water partition coefficient (Wildman–Crippen LogP) is 3.82. The Morgan fingerprint density at radius 1 is 1.24 bits per heavy atom. The summed E-state index contributed by atoms with van der Waals surface area (Å²) in [5.74, 6) is 0.793. The van der Waals surface area contributed by atoms with Gasteiger partial charge in [0.15, 0.2) is 5.96 Å². The molecule has 0 radical (unpaired) electrons. The maximum atomic E-state index is 5.60. The number of aromatic nitrogens is 1. The highest BCUT2D eigenvalue weighted by Crippen LogP contribution is 2.18. The van der Waals surface area contributed by atoms with Crippen LogP contribution < -0.4 is 10.6 Å². The molecule has 2 N–H and O–H groups in total. The normalized spacial score (nSPS) is 12.4. The van der Waals surface area contributed by atoms with Gasteiger partial charge in [-0.2, -0.15) is 0 Å². The summed E-state index contributed by atoms with van der Waals surface area (Å²) in [6, 6.07) is 10.2. The molecule has 0 aliphatic carbocycles. The second-order valence-electron chi connectivity index (χ2n) is 5.45. The summed E-state index contributed by atoms with van der Waals surface area (Å²) >= 11 is 1.70. The Kier molecular flexibility index (Phi) is 9.99. The first kappa shape index (κ1) is 21.9. The van der Waals surface area contributed by atoms with Gasteiger partial charge in [0.05, 0.1) is 23.4 Å². The number of methoxy groups -OCH3 is 1. The molecule has 1 heterocycles. The van der Waals surface area contributed by atoms with Crippen LogP contribution in [0.5, 0.6) is 0 Å². The van der Waals surface area contributed by atoms with Crippen molar-refractivity contribution in [3.05, 3.63) is 51.5 Å². The van der Waals surface area contributed by atoms with Crippen molar-refractivity contribution in [3.63, 3.8) is 0 Å². The predicted molar refractivity (Wildman–Crippen MR) is 116 cm³/mol. The molecule has 0 saturated carbocycles. The zero-order chi connectivity index (χ0) is 17.4. The Morgan fingerprint density at radius 3 is 2.52 bits per heavy atom. The molecular formula is C18H27IN4OS. The number of benzene rings is 1. The van der Waals surface area contributed by atoms with E-state index < -0.39 is 0 Å². The molecule has 1 unspecified atom stereocenters. The SMILES string of the molecule is CCNC(=NCc1sc(C)nc1C)NCC(OC)c1ccccc1.I. The van der Waals surface area contributed by atoms with Crippen LogP contribution in [0.4, 0.5) is 0 Å². The molecule has 7 heteroatoms. The lowest BCUT2D eigenvalue weighted by Gasteiger charge is -2.18. The minimum Gasteiger partial charge on any atom is -0.375 e. The third-order valence-corrected chi connectivity index (χ3v) is 4.69. The third-order valence-electron chi connectivity index (χ3n) is 3.64. The Labute approximate surface area is 171 Å². The highest BCUT2D eigenvalue weighted by atomic mass is 127. The first-order chi connectivity index (χ1) is 11.6. The molecular weight excluding hydrogens is 447 g/mol. The lowest BCUT2D eigenvalue weighted by Crippen LogP contribution is -2.39. The Balaban J connectivity index is 0.00000312. The average Bonchev–Trinajstić information content (AvgIpc) is 2.91. The number of aliphatic imine (C=N–C) groups is 1. The standard InChI is InChI=1S/C18H26N4OS.HI/c1-5-19-18(21-12-17-13(2)22-14(3)24-17)20-11-16(23-4)15-9-7-6-8-10-15;/h6-10,16H,5,11-12H2,1-4H3,(H2,19,20,21);1H. The zero-order valence-corrected chi connectivity index (χ0v) is 18.4. The highest BCUT2D eigenvalue weighted by molar-refractivity contribution is 14.0. The van der Waals surface area contributed by atoms with Crippen molar-refractivity contribution in [2.24, 2.45) is 4.99 Å². The molecule has 5 nitrogen and oxygen atoms in total. The van der Waals surface area contributed by atoms with E-state index in [0.29, 0.717) is 13.1 Å². The number of hydrogen-bond acceptors (Lipinski definition) is 4. The van der Waals surface area contributed by atoms with Crippen LogP contribution in [0.2, 0.25) is 0 Å². The average molecular weight is 474 g/mol. The molecule has 0 saturated heterocycles. The lowest BCUT2D eigenvalue weighted by molar-refractivity contribution is 0.106. The molecule has 1 atom stereocenters. The molecule has 1 aromatic heterocycles. The van der Waals surface area contributed by atoms with Crippen molar-refractivity contribution >= 4 is 41.3 Å². The van der Waals surface area contributed by atoms with E-state index in [1.54, 1.807) is 18.4 Å². The van der Waals surface area contributed by atoms with E-state index in [4.69, 9.17) is 4.74 Å². The van der Waals surface area contributed by atoms with Gasteiger partial charge in [0, 0.05) is 25.1 Å². The summed E-state index contributed by atoms with van der Waals surface area (Å²) in [5, 5.41) is 7.72. The largest absolute Gasteiger partial charge is 0.375 e. The van der Waals surface area contributed by atoms with E-state index in [1.165, 1.54) is 4.88 Å². The molecule has 1 aromatic carbocycles. The van der Waals surface area contributed by atoms with Crippen LogP contribution in [0, 0.1) is 13.8 Å². The van der Waals surface area contributed by atoms with E-state index in [9.17, 15) is 0 Å². The fourth-order valence-electron chi connectivity index (χ4n) is 2.41. The van der Waals surface area contributed by atoms with E-state index in [1.807, 2.05) is 32.0 Å². The number of rotatable bonds is 7. The second kappa shape index (κ2) is 11.4. The van der Waals surface area contributed by atoms with Gasteiger partial charge >= 0.3 is 0 Å². The van der Waals surface area contributed by atoms with Crippen molar-refractivity contribution in [1.29, 1.82) is 0 Å². The summed E-state index contributed by atoms with van der Waals surface area (Å²) < 4.78 is 5.60. The van der Waals surface area contributed by atoms with Gasteiger partial charge in [-0.15, -0.1) is 35.3 Å². The molecule has 2 aromatic rings. The van der Waals surface area contributed by atoms with Gasteiger partial charge in [0.1, 0.15) is 0 Å². The number of thiazole rings is 1. The molecule has 25 heavy (non-hydrogen) atoms. The van der Waals surface area contributed by atoms with E-state index >= 15 is 0 Å². The number of ether oxygens (including phenoxy) is 1. The maximum Gasteiger partial charge on any atom is 0.191 e. The quantitative estimate of drug-likeness (QED) is 0.364. The van der Waals surface area contributed by atoms with Crippen molar-refractivity contribution in [2.75, 3.05) is 20.2 Å². The maximum absolute atomic E-state index is 5.60. The molecule has 2 rings (SSSR count). The van der Waals surface area contributed by atoms with Gasteiger partial charge in [-0.05, 0) is 26.3 Å². The third kappa shape index (κ3) is 6.91. The van der Waals surface area contributed by atoms with Gasteiger partial charge in [0.2, 0.25) is 0 Å². The van der Waals surface area contributed by atoms with Crippen LogP contribution in [0.25, 0.3) is 0 Å². The molecule has 0 aliphatic rings. The van der Waals surface area contributed by atoms with Gasteiger partial charge in [-0.3, -0.25) is 0 Å². The molecule has 0 spiro atoms. The fraction of sp³-hybridized carbons (Fsp3) is 0.444. The van der Waals surface area contributed by atoms with Crippen molar-refractivity contribution in [2.45, 2.75) is 33.4 Å². The second-order valence-corrected chi connectivity index (χ2v) is 6.74. The van der Waals surface area contributed by atoms with Gasteiger partial charge in [0.25, 0.3) is 0 Å². The van der Waals surface area contributed by atoms with Crippen LogP contribution in [0.15, 0.2) is 35.3 Å². The Bertz CT molecular complexity index is 660. The Hall–Kier alpha value is -1.19. The van der Waals surface area contributed by atoms with Gasteiger partial charge < -0.3 is 15.4 Å². The molecule has 0 amide bonds. The van der Waals surface area contributed by atoms with Crippen LogP contribution in [0.1, 0.15) is 34.2 Å². The lowest BCUT2D eigenvalue weighted by atomic mass is 10.1. The molecule has 0 bridgehead atoms. The summed E-state index contributed by atoms with van der Waals surface area (Å²) in [6.45, 7) is 8.23. The number of halogens is 1. The van der Waals surface area contributed by atoms with Crippen molar-refractivity contribution < 1.29 is 4.74 Å². The van der Waals surface area contributed by atoms with Crippen molar-refractivity contribution in [3.8, 4) is 0 Å². The smallest absolute Gasteiger partial charge is 0.191 e. The summed E-state index contributed by atoms with van der Waals surface area (Å²) in [5.41, 5.74) is 2.22. The van der Waals surface area contributed by atoms with Crippen LogP contribution >= 0.6 is 35.3 Å². The number of nitrogens with one attached hydrogen (secondary N) is 2. The molecule has 0 fully saturated rings. The van der Waals surface area contributed by atoms with Crippen LogP contribution in [0.3, 0.4) is 0 Å². The topological polar surface area (TPSA) is 58.5 Å². The first-order valence-electron chi connectivity index (χ1n) is 8.16. The van der Waals surface area contributed by atoms with Crippen molar-refractivity contribution in [1.82, 2.24) is 15.6 Å². The summed E-state index contributed by atoms with van der Waals surface area (Å²) in [4.78, 5) is 10.3.